The maximum absolute atomic E-state index is 12.9. The number of aromatic nitrogens is 2. The highest BCUT2D eigenvalue weighted by atomic mass is 16.3. The molecular formula is C18H23N3O3. The van der Waals surface area contributed by atoms with Gasteiger partial charge in [0.05, 0.1) is 16.8 Å². The van der Waals surface area contributed by atoms with Gasteiger partial charge in [0.15, 0.2) is 5.78 Å². The van der Waals surface area contributed by atoms with E-state index in [-0.39, 0.29) is 11.7 Å². The number of Topliss-reactive ketones (excluding diaryl/α,β-unsaturated/α-hetero) is 1. The number of hydrogen-bond acceptors (Lipinski definition) is 4. The molecule has 0 radical (unpaired) electrons. The van der Waals surface area contributed by atoms with Crippen LogP contribution in [0.4, 0.5) is 0 Å². The zero-order valence-corrected chi connectivity index (χ0v) is 14.7. The van der Waals surface area contributed by atoms with E-state index >= 15 is 0 Å². The molecule has 0 saturated carbocycles. The fourth-order valence-electron chi connectivity index (χ4n) is 3.26. The molecule has 2 aromatic rings. The Hall–Kier alpha value is -2.37. The normalized spacial score (nSPS) is 13.9. The summed E-state index contributed by atoms with van der Waals surface area (Å²) in [5.74, 6) is 1.04. The van der Waals surface area contributed by atoms with E-state index in [1.807, 2.05) is 24.7 Å². The number of fused-ring (bicyclic) bond motifs is 1. The van der Waals surface area contributed by atoms with Crippen molar-refractivity contribution in [3.63, 3.8) is 0 Å². The van der Waals surface area contributed by atoms with Crippen molar-refractivity contribution in [2.24, 2.45) is 0 Å². The van der Waals surface area contributed by atoms with Gasteiger partial charge in [-0.15, -0.1) is 0 Å². The molecule has 2 heterocycles. The Labute approximate surface area is 141 Å². The SMILES string of the molecule is CCn1cc(CN(C)C(=O)c2c(C)oc3c2C(=O)CCC3)c(C)n1. The van der Waals surface area contributed by atoms with E-state index in [0.717, 1.165) is 30.6 Å². The van der Waals surface area contributed by atoms with Crippen molar-refractivity contribution in [2.75, 3.05) is 7.05 Å². The first-order valence-corrected chi connectivity index (χ1v) is 8.36. The summed E-state index contributed by atoms with van der Waals surface area (Å²) in [7, 11) is 1.75. The fourth-order valence-corrected chi connectivity index (χ4v) is 3.26. The Balaban J connectivity index is 1.87. The first kappa shape index (κ1) is 16.5. The Kier molecular flexibility index (Phi) is 4.30. The van der Waals surface area contributed by atoms with Crippen molar-refractivity contribution in [1.82, 2.24) is 14.7 Å². The predicted molar refractivity (Wildman–Crippen MR) is 89.1 cm³/mol. The van der Waals surface area contributed by atoms with Gasteiger partial charge in [0.25, 0.3) is 5.91 Å². The second-order valence-corrected chi connectivity index (χ2v) is 6.36. The van der Waals surface area contributed by atoms with Gasteiger partial charge in [0.1, 0.15) is 11.5 Å². The molecule has 2 aromatic heterocycles. The highest BCUT2D eigenvalue weighted by Crippen LogP contribution is 2.30. The number of hydrogen-bond donors (Lipinski definition) is 0. The molecule has 6 nitrogen and oxygen atoms in total. The average molecular weight is 329 g/mol. The third-order valence-electron chi connectivity index (χ3n) is 4.58. The van der Waals surface area contributed by atoms with E-state index in [4.69, 9.17) is 4.42 Å². The van der Waals surface area contributed by atoms with Crippen LogP contribution >= 0.6 is 0 Å². The zero-order chi connectivity index (χ0) is 17.4. The van der Waals surface area contributed by atoms with Gasteiger partial charge in [0, 0.05) is 44.7 Å². The average Bonchev–Trinajstić information content (AvgIpc) is 3.07. The number of nitrogens with zero attached hydrogens (tertiary/aromatic N) is 3. The summed E-state index contributed by atoms with van der Waals surface area (Å²) in [5, 5.41) is 4.41. The molecule has 0 fully saturated rings. The van der Waals surface area contributed by atoms with Crippen LogP contribution in [-0.2, 0) is 19.5 Å². The zero-order valence-electron chi connectivity index (χ0n) is 14.7. The molecule has 1 amide bonds. The molecule has 0 spiro atoms. The quantitative estimate of drug-likeness (QED) is 0.865. The second kappa shape index (κ2) is 6.26. The van der Waals surface area contributed by atoms with Crippen LogP contribution in [0.5, 0.6) is 0 Å². The number of rotatable bonds is 4. The van der Waals surface area contributed by atoms with E-state index < -0.39 is 0 Å². The molecule has 0 unspecified atom stereocenters. The molecule has 1 aliphatic carbocycles. The van der Waals surface area contributed by atoms with Crippen LogP contribution in [-0.4, -0.2) is 33.4 Å². The molecule has 1 aliphatic rings. The van der Waals surface area contributed by atoms with Gasteiger partial charge >= 0.3 is 0 Å². The van der Waals surface area contributed by atoms with Crippen LogP contribution in [0.1, 0.15) is 63.3 Å². The standard InChI is InChI=1S/C18H23N3O3/c1-5-21-10-13(11(2)19-21)9-20(4)18(23)16-12(3)24-15-8-6-7-14(22)17(15)16/h10H,5-9H2,1-4H3. The van der Waals surface area contributed by atoms with E-state index in [9.17, 15) is 9.59 Å². The lowest BCUT2D eigenvalue weighted by Crippen LogP contribution is -2.28. The van der Waals surface area contributed by atoms with Crippen molar-refractivity contribution in [3.05, 3.63) is 40.1 Å². The van der Waals surface area contributed by atoms with Crippen LogP contribution in [0.2, 0.25) is 0 Å². The summed E-state index contributed by atoms with van der Waals surface area (Å²) in [6.07, 6.45) is 3.96. The first-order valence-electron chi connectivity index (χ1n) is 8.36. The predicted octanol–water partition coefficient (Wildman–Crippen LogP) is 2.90. The molecule has 128 valence electrons. The molecule has 0 saturated heterocycles. The summed E-state index contributed by atoms with van der Waals surface area (Å²) < 4.78 is 7.55. The lowest BCUT2D eigenvalue weighted by molar-refractivity contribution is 0.0777. The Bertz CT molecular complexity index is 801. The molecule has 3 rings (SSSR count). The van der Waals surface area contributed by atoms with Gasteiger partial charge in [-0.2, -0.15) is 5.10 Å². The van der Waals surface area contributed by atoms with Crippen LogP contribution in [0, 0.1) is 13.8 Å². The minimum absolute atomic E-state index is 0.0137. The summed E-state index contributed by atoms with van der Waals surface area (Å²) in [6.45, 7) is 6.97. The second-order valence-electron chi connectivity index (χ2n) is 6.36. The van der Waals surface area contributed by atoms with Crippen molar-refractivity contribution < 1.29 is 14.0 Å². The Morgan fingerprint density at radius 1 is 1.38 bits per heavy atom. The van der Waals surface area contributed by atoms with Gasteiger partial charge in [-0.05, 0) is 27.2 Å². The minimum atomic E-state index is -0.170. The third kappa shape index (κ3) is 2.77. The van der Waals surface area contributed by atoms with Crippen molar-refractivity contribution in [1.29, 1.82) is 0 Å². The van der Waals surface area contributed by atoms with Crippen LogP contribution in [0.3, 0.4) is 0 Å². The van der Waals surface area contributed by atoms with E-state index in [2.05, 4.69) is 5.10 Å². The van der Waals surface area contributed by atoms with E-state index in [0.29, 0.717) is 35.6 Å². The minimum Gasteiger partial charge on any atom is -0.465 e. The molecule has 0 bridgehead atoms. The smallest absolute Gasteiger partial charge is 0.258 e. The maximum atomic E-state index is 12.9. The Morgan fingerprint density at radius 3 is 2.79 bits per heavy atom. The lowest BCUT2D eigenvalue weighted by Gasteiger charge is -2.18. The van der Waals surface area contributed by atoms with Gasteiger partial charge < -0.3 is 9.32 Å². The molecule has 24 heavy (non-hydrogen) atoms. The number of aryl methyl sites for hydroxylation is 4. The summed E-state index contributed by atoms with van der Waals surface area (Å²) >= 11 is 0. The number of furan rings is 1. The van der Waals surface area contributed by atoms with Crippen molar-refractivity contribution in [3.8, 4) is 0 Å². The number of carbonyl (C=O) groups excluding carboxylic acids is 2. The fraction of sp³-hybridized carbons (Fsp3) is 0.500. The van der Waals surface area contributed by atoms with Crippen molar-refractivity contribution in [2.45, 2.75) is 53.1 Å². The number of carbonyl (C=O) groups is 2. The molecule has 6 heteroatoms. The van der Waals surface area contributed by atoms with E-state index in [1.54, 1.807) is 18.9 Å². The summed E-state index contributed by atoms with van der Waals surface area (Å²) in [5.41, 5.74) is 2.85. The molecular weight excluding hydrogens is 306 g/mol. The van der Waals surface area contributed by atoms with Crippen molar-refractivity contribution >= 4 is 11.7 Å². The van der Waals surface area contributed by atoms with Crippen LogP contribution < -0.4 is 0 Å². The topological polar surface area (TPSA) is 68.3 Å². The highest BCUT2D eigenvalue weighted by molar-refractivity contribution is 6.09. The van der Waals surface area contributed by atoms with Gasteiger partial charge in [-0.3, -0.25) is 14.3 Å². The highest BCUT2D eigenvalue weighted by Gasteiger charge is 2.31. The monoisotopic (exact) mass is 329 g/mol. The Morgan fingerprint density at radius 2 is 2.12 bits per heavy atom. The van der Waals surface area contributed by atoms with Gasteiger partial charge in [-0.25, -0.2) is 0 Å². The van der Waals surface area contributed by atoms with Crippen LogP contribution in [0.25, 0.3) is 0 Å². The maximum Gasteiger partial charge on any atom is 0.258 e. The summed E-state index contributed by atoms with van der Waals surface area (Å²) in [6, 6.07) is 0. The third-order valence-corrected chi connectivity index (χ3v) is 4.58. The number of ketones is 1. The lowest BCUT2D eigenvalue weighted by atomic mass is 9.93. The molecule has 0 aromatic carbocycles. The largest absolute Gasteiger partial charge is 0.465 e. The summed E-state index contributed by atoms with van der Waals surface area (Å²) in [4.78, 5) is 26.8. The molecule has 0 N–H and O–H groups in total. The molecule has 0 atom stereocenters. The molecule has 0 aliphatic heterocycles. The van der Waals surface area contributed by atoms with E-state index in [1.165, 1.54) is 0 Å². The number of amides is 1. The van der Waals surface area contributed by atoms with Crippen LogP contribution in [0.15, 0.2) is 10.6 Å². The first-order chi connectivity index (χ1) is 11.4. The van der Waals surface area contributed by atoms with Gasteiger partial charge in [-0.1, -0.05) is 0 Å². The van der Waals surface area contributed by atoms with Gasteiger partial charge in [0.2, 0.25) is 0 Å².